The van der Waals surface area contributed by atoms with E-state index in [4.69, 9.17) is 16.9 Å². The van der Waals surface area contributed by atoms with Gasteiger partial charge < -0.3 is 9.88 Å². The Bertz CT molecular complexity index is 1220. The number of carbonyl (C=O) groups excluding carboxylic acids is 2. The van der Waals surface area contributed by atoms with Crippen LogP contribution in [0.1, 0.15) is 16.1 Å². The summed E-state index contributed by atoms with van der Waals surface area (Å²) in [6, 6.07) is 11.1. The number of carbonyl (C=O) groups is 2. The number of nitrogens with one attached hydrogen (secondary N) is 2. The average molecular weight is 451 g/mol. The highest BCUT2D eigenvalue weighted by molar-refractivity contribution is 6.45. The maximum atomic E-state index is 14.3. The molecule has 1 aliphatic rings. The molecule has 3 heterocycles. The van der Waals surface area contributed by atoms with E-state index in [2.05, 4.69) is 15.4 Å². The van der Waals surface area contributed by atoms with Gasteiger partial charge in [0.25, 0.3) is 11.7 Å². The molecule has 1 unspecified atom stereocenters. The number of nitriles is 1. The van der Waals surface area contributed by atoms with Crippen molar-refractivity contribution in [2.24, 2.45) is 11.7 Å². The predicted octanol–water partition coefficient (Wildman–Crippen LogP) is 0.0278. The molecule has 4 rings (SSSR count). The van der Waals surface area contributed by atoms with Gasteiger partial charge in [0, 0.05) is 32.4 Å². The van der Waals surface area contributed by atoms with Gasteiger partial charge in [0.2, 0.25) is 0 Å². The Morgan fingerprint density at radius 2 is 1.94 bits per heavy atom. The van der Waals surface area contributed by atoms with E-state index in [0.717, 1.165) is 11.9 Å². The number of ketones is 1. The van der Waals surface area contributed by atoms with Gasteiger partial charge in [-0.1, -0.05) is 18.2 Å². The van der Waals surface area contributed by atoms with Gasteiger partial charge >= 0.3 is 0 Å². The van der Waals surface area contributed by atoms with E-state index >= 15 is 0 Å². The summed E-state index contributed by atoms with van der Waals surface area (Å²) in [6.07, 6.45) is 1.56. The molecule has 0 spiro atoms. The first-order valence-corrected chi connectivity index (χ1v) is 10.1. The van der Waals surface area contributed by atoms with Gasteiger partial charge in [-0.3, -0.25) is 25.3 Å². The first kappa shape index (κ1) is 22.3. The molecule has 0 bridgehead atoms. The molecule has 1 amide bonds. The number of para-hydroxylation sites is 1. The van der Waals surface area contributed by atoms with Crippen LogP contribution in [0.5, 0.6) is 0 Å². The van der Waals surface area contributed by atoms with E-state index in [0.29, 0.717) is 13.1 Å². The lowest BCUT2D eigenvalue weighted by atomic mass is 10.1. The number of hydrogen-bond acceptors (Lipinski definition) is 9. The molecule has 170 valence electrons. The van der Waals surface area contributed by atoms with Crippen molar-refractivity contribution >= 4 is 28.3 Å². The minimum Gasteiger partial charge on any atom is -0.358 e. The summed E-state index contributed by atoms with van der Waals surface area (Å²) in [7, 11) is 0. The Kier molecular flexibility index (Phi) is 6.29. The number of nitrogens with two attached hydrogens (primary N) is 2. The van der Waals surface area contributed by atoms with Crippen molar-refractivity contribution in [3.05, 3.63) is 59.8 Å². The molecule has 1 atom stereocenters. The van der Waals surface area contributed by atoms with Crippen molar-refractivity contribution < 1.29 is 14.0 Å². The predicted molar refractivity (Wildman–Crippen MR) is 117 cm³/mol. The number of hydrazine groups is 2. The van der Waals surface area contributed by atoms with Crippen molar-refractivity contribution in [2.75, 3.05) is 31.2 Å². The van der Waals surface area contributed by atoms with E-state index in [1.54, 1.807) is 0 Å². The molecule has 0 saturated carbocycles. The number of aromatic amines is 1. The van der Waals surface area contributed by atoms with Gasteiger partial charge in [-0.2, -0.15) is 5.26 Å². The minimum absolute atomic E-state index is 0.0587. The molecular formula is C21H22FN9O2. The van der Waals surface area contributed by atoms with Crippen molar-refractivity contribution in [1.82, 2.24) is 25.2 Å². The quantitative estimate of drug-likeness (QED) is 0.133. The largest absolute Gasteiger partial charge is 0.358 e. The van der Waals surface area contributed by atoms with Crippen LogP contribution in [0.3, 0.4) is 0 Å². The monoisotopic (exact) mass is 451 g/mol. The van der Waals surface area contributed by atoms with Gasteiger partial charge in [0.15, 0.2) is 17.8 Å². The van der Waals surface area contributed by atoms with E-state index in [9.17, 15) is 14.0 Å². The summed E-state index contributed by atoms with van der Waals surface area (Å²) in [4.78, 5) is 35.5. The molecule has 1 saturated heterocycles. The van der Waals surface area contributed by atoms with Crippen LogP contribution < -0.4 is 22.1 Å². The van der Waals surface area contributed by atoms with Crippen molar-refractivity contribution in [1.29, 1.82) is 5.26 Å². The number of hydrogen-bond donors (Lipinski definition) is 4. The maximum Gasteiger partial charge on any atom is 0.295 e. The summed E-state index contributed by atoms with van der Waals surface area (Å²) < 4.78 is 14.3. The number of halogens is 1. The lowest BCUT2D eigenvalue weighted by Gasteiger charge is -2.42. The highest BCUT2D eigenvalue weighted by Crippen LogP contribution is 2.24. The van der Waals surface area contributed by atoms with Gasteiger partial charge in [-0.05, 0) is 12.1 Å². The fourth-order valence-electron chi connectivity index (χ4n) is 3.90. The SMILES string of the molecule is N#Cc1ncc(F)c2c(C(=O)C(=O)N3CCN(C(NN)N(N)c4ccccc4)CC3)c[nH]c12. The minimum atomic E-state index is -0.859. The van der Waals surface area contributed by atoms with E-state index in [1.807, 2.05) is 41.3 Å². The lowest BCUT2D eigenvalue weighted by Crippen LogP contribution is -2.65. The molecule has 6 N–H and O–H groups in total. The van der Waals surface area contributed by atoms with Crippen LogP contribution >= 0.6 is 0 Å². The standard InChI is InChI=1S/C21H22FN9O2/c22-15-12-26-16(10-23)18-17(15)14(11-27-18)19(32)20(33)29-6-8-30(9-7-29)21(28-24)31(25)13-4-2-1-3-5-13/h1-5,11-12,21,27-28H,6-9,24-25H2. The Hall–Kier alpha value is -3.89. The second kappa shape index (κ2) is 9.31. The highest BCUT2D eigenvalue weighted by atomic mass is 19.1. The molecule has 1 aromatic carbocycles. The van der Waals surface area contributed by atoms with Crippen molar-refractivity contribution in [3.63, 3.8) is 0 Å². The number of rotatable bonds is 6. The smallest absolute Gasteiger partial charge is 0.295 e. The second-order valence-electron chi connectivity index (χ2n) is 7.46. The zero-order chi connectivity index (χ0) is 23.5. The van der Waals surface area contributed by atoms with E-state index < -0.39 is 23.8 Å². The first-order valence-electron chi connectivity index (χ1n) is 10.1. The molecule has 1 aliphatic heterocycles. The summed E-state index contributed by atoms with van der Waals surface area (Å²) in [5.41, 5.74) is 3.32. The maximum absolute atomic E-state index is 14.3. The molecule has 33 heavy (non-hydrogen) atoms. The van der Waals surface area contributed by atoms with Gasteiger partial charge in [-0.25, -0.2) is 20.6 Å². The molecule has 1 fully saturated rings. The molecule has 11 nitrogen and oxygen atoms in total. The number of pyridine rings is 1. The van der Waals surface area contributed by atoms with Crippen LogP contribution in [0.15, 0.2) is 42.7 Å². The van der Waals surface area contributed by atoms with E-state index in [1.165, 1.54) is 16.1 Å². The fraction of sp³-hybridized carbons (Fsp3) is 0.238. The molecule has 3 aromatic rings. The van der Waals surface area contributed by atoms with Crippen LogP contribution in [0, 0.1) is 17.1 Å². The Balaban J connectivity index is 1.46. The third-order valence-corrected chi connectivity index (χ3v) is 5.62. The van der Waals surface area contributed by atoms with Gasteiger partial charge in [0.05, 0.1) is 28.4 Å². The zero-order valence-electron chi connectivity index (χ0n) is 17.5. The average Bonchev–Trinajstić information content (AvgIpc) is 3.31. The normalized spacial score (nSPS) is 15.3. The summed E-state index contributed by atoms with van der Waals surface area (Å²) in [6.45, 7) is 1.31. The number of piperazine rings is 1. The van der Waals surface area contributed by atoms with Crippen molar-refractivity contribution in [3.8, 4) is 6.07 Å². The first-order chi connectivity index (χ1) is 16.0. The molecular weight excluding hydrogens is 429 g/mol. The van der Waals surface area contributed by atoms with Gasteiger partial charge in [-0.15, -0.1) is 0 Å². The number of anilines is 1. The third kappa shape index (κ3) is 4.13. The van der Waals surface area contributed by atoms with Crippen LogP contribution in [0.2, 0.25) is 0 Å². The van der Waals surface area contributed by atoms with Crippen LogP contribution in [0.25, 0.3) is 10.9 Å². The number of Topliss-reactive ketones (excluding diaryl/α,β-unsaturated/α-hetero) is 1. The summed E-state index contributed by atoms with van der Waals surface area (Å²) >= 11 is 0. The number of aromatic nitrogens is 2. The lowest BCUT2D eigenvalue weighted by molar-refractivity contribution is -0.128. The Morgan fingerprint density at radius 1 is 1.24 bits per heavy atom. The van der Waals surface area contributed by atoms with Gasteiger partial charge in [0.1, 0.15) is 6.07 Å². The van der Waals surface area contributed by atoms with Crippen LogP contribution in [-0.4, -0.2) is 63.9 Å². The Morgan fingerprint density at radius 3 is 2.58 bits per heavy atom. The zero-order valence-corrected chi connectivity index (χ0v) is 17.5. The number of H-pyrrole nitrogens is 1. The fourth-order valence-corrected chi connectivity index (χ4v) is 3.90. The number of benzene rings is 1. The highest BCUT2D eigenvalue weighted by Gasteiger charge is 2.32. The number of nitrogens with zero attached hydrogens (tertiary/aromatic N) is 5. The topological polar surface area (TPSA) is 160 Å². The van der Waals surface area contributed by atoms with E-state index in [-0.39, 0.29) is 35.2 Å². The summed E-state index contributed by atoms with van der Waals surface area (Å²) in [5.74, 6) is 9.55. The molecule has 0 radical (unpaired) electrons. The molecule has 2 aromatic heterocycles. The third-order valence-electron chi connectivity index (χ3n) is 5.62. The second-order valence-corrected chi connectivity index (χ2v) is 7.46. The number of amides is 1. The number of fused-ring (bicyclic) bond motifs is 1. The van der Waals surface area contributed by atoms with Crippen molar-refractivity contribution in [2.45, 2.75) is 6.29 Å². The molecule has 0 aliphatic carbocycles. The Labute approximate surface area is 188 Å². The molecule has 12 heteroatoms. The summed E-state index contributed by atoms with van der Waals surface area (Å²) in [5, 5.41) is 10.5. The van der Waals surface area contributed by atoms with Crippen LogP contribution in [-0.2, 0) is 4.79 Å². The van der Waals surface area contributed by atoms with Crippen LogP contribution in [0.4, 0.5) is 10.1 Å².